The highest BCUT2D eigenvalue weighted by Crippen LogP contribution is 2.47. The SMILES string of the molecule is O=C(O)C(O)c1ccc([N+](=O)[O-])c(C(F)(F)F)c1C(F)(F)F. The van der Waals surface area contributed by atoms with E-state index in [2.05, 4.69) is 0 Å². The molecule has 0 saturated carbocycles. The molecule has 1 aromatic carbocycles. The topological polar surface area (TPSA) is 101 Å². The van der Waals surface area contributed by atoms with Crippen LogP contribution >= 0.6 is 0 Å². The Labute approximate surface area is 116 Å². The highest BCUT2D eigenvalue weighted by atomic mass is 19.4. The molecule has 22 heavy (non-hydrogen) atoms. The summed E-state index contributed by atoms with van der Waals surface area (Å²) in [6.45, 7) is 0. The molecule has 1 rings (SSSR count). The molecule has 0 spiro atoms. The summed E-state index contributed by atoms with van der Waals surface area (Å²) in [6, 6.07) is 0.175. The Kier molecular flexibility index (Phi) is 4.37. The third kappa shape index (κ3) is 3.27. The molecule has 0 aliphatic carbocycles. The fraction of sp³-hybridized carbons (Fsp3) is 0.300. The lowest BCUT2D eigenvalue weighted by Gasteiger charge is -2.20. The van der Waals surface area contributed by atoms with E-state index < -0.39 is 51.7 Å². The van der Waals surface area contributed by atoms with Crippen LogP contribution in [0.25, 0.3) is 0 Å². The minimum atomic E-state index is -5.79. The van der Waals surface area contributed by atoms with E-state index >= 15 is 0 Å². The Morgan fingerprint density at radius 3 is 1.86 bits per heavy atom. The predicted octanol–water partition coefficient (Wildman–Crippen LogP) is 2.75. The third-order valence-corrected chi connectivity index (χ3v) is 2.51. The first-order valence-corrected chi connectivity index (χ1v) is 5.15. The molecule has 0 heterocycles. The lowest BCUT2D eigenvalue weighted by Crippen LogP contribution is -2.24. The molecular weight excluding hydrogens is 328 g/mol. The van der Waals surface area contributed by atoms with Gasteiger partial charge in [0.1, 0.15) is 5.56 Å². The van der Waals surface area contributed by atoms with Crippen LogP contribution in [0.2, 0.25) is 0 Å². The van der Waals surface area contributed by atoms with E-state index in [9.17, 15) is 41.3 Å². The van der Waals surface area contributed by atoms with E-state index in [1.165, 1.54) is 0 Å². The quantitative estimate of drug-likeness (QED) is 0.503. The van der Waals surface area contributed by atoms with E-state index in [0.717, 1.165) is 0 Å². The Morgan fingerprint density at radius 2 is 1.55 bits per heavy atom. The number of rotatable bonds is 3. The number of nitro benzene ring substituents is 1. The molecular formula is C10H5F6NO5. The van der Waals surface area contributed by atoms with Crippen molar-refractivity contribution in [2.75, 3.05) is 0 Å². The zero-order chi connectivity index (χ0) is 17.5. The number of hydrogen-bond acceptors (Lipinski definition) is 4. The van der Waals surface area contributed by atoms with E-state index in [1.807, 2.05) is 0 Å². The zero-order valence-corrected chi connectivity index (χ0v) is 10.1. The average Bonchev–Trinajstić information content (AvgIpc) is 2.33. The van der Waals surface area contributed by atoms with Crippen LogP contribution < -0.4 is 0 Å². The fourth-order valence-corrected chi connectivity index (χ4v) is 1.71. The van der Waals surface area contributed by atoms with Crippen LogP contribution in [-0.2, 0) is 17.1 Å². The van der Waals surface area contributed by atoms with Crippen LogP contribution in [0.15, 0.2) is 12.1 Å². The highest BCUT2D eigenvalue weighted by Gasteiger charge is 2.51. The summed E-state index contributed by atoms with van der Waals surface area (Å²) in [4.78, 5) is 19.4. The number of nitro groups is 1. The van der Waals surface area contributed by atoms with Gasteiger partial charge in [-0.1, -0.05) is 0 Å². The number of carboxylic acids is 1. The molecule has 0 aliphatic heterocycles. The number of hydrogen-bond donors (Lipinski definition) is 2. The monoisotopic (exact) mass is 333 g/mol. The van der Waals surface area contributed by atoms with Crippen LogP contribution in [0.5, 0.6) is 0 Å². The molecule has 122 valence electrons. The van der Waals surface area contributed by atoms with E-state index in [1.54, 1.807) is 0 Å². The summed E-state index contributed by atoms with van der Waals surface area (Å²) in [6.07, 6.45) is -14.5. The number of nitrogens with zero attached hydrogens (tertiary/aromatic N) is 1. The average molecular weight is 333 g/mol. The number of halogens is 6. The molecule has 1 aromatic rings. The van der Waals surface area contributed by atoms with Gasteiger partial charge in [0.2, 0.25) is 0 Å². The van der Waals surface area contributed by atoms with Gasteiger partial charge in [-0.3, -0.25) is 10.1 Å². The summed E-state index contributed by atoms with van der Waals surface area (Å²) in [5.41, 5.74) is -8.81. The van der Waals surface area contributed by atoms with Crippen molar-refractivity contribution in [1.82, 2.24) is 0 Å². The van der Waals surface area contributed by atoms with Crippen molar-refractivity contribution in [1.29, 1.82) is 0 Å². The van der Waals surface area contributed by atoms with Crippen LogP contribution in [0.1, 0.15) is 22.8 Å². The summed E-state index contributed by atoms with van der Waals surface area (Å²) in [7, 11) is 0. The van der Waals surface area contributed by atoms with Crippen LogP contribution in [0.4, 0.5) is 32.0 Å². The highest BCUT2D eigenvalue weighted by molar-refractivity contribution is 5.75. The standard InChI is InChI=1S/C10H5F6NO5/c11-9(12,13)5-3(7(18)8(19)20)1-2-4(17(21)22)6(5)10(14,15)16/h1-2,7,18H,(H,19,20). The summed E-state index contributed by atoms with van der Waals surface area (Å²) in [5, 5.41) is 28.1. The van der Waals surface area contributed by atoms with Gasteiger partial charge >= 0.3 is 18.3 Å². The van der Waals surface area contributed by atoms with Crippen molar-refractivity contribution in [3.05, 3.63) is 38.9 Å². The van der Waals surface area contributed by atoms with Gasteiger partial charge in [-0.05, 0) is 6.07 Å². The van der Waals surface area contributed by atoms with Crippen molar-refractivity contribution in [3.8, 4) is 0 Å². The Morgan fingerprint density at radius 1 is 1.09 bits per heavy atom. The molecule has 1 unspecified atom stereocenters. The van der Waals surface area contributed by atoms with Gasteiger partial charge in [0, 0.05) is 11.6 Å². The molecule has 2 N–H and O–H groups in total. The normalized spacial score (nSPS) is 13.8. The Hall–Kier alpha value is -2.37. The van der Waals surface area contributed by atoms with Gasteiger partial charge in [-0.2, -0.15) is 26.3 Å². The van der Waals surface area contributed by atoms with E-state index in [0.29, 0.717) is 0 Å². The number of aliphatic carboxylic acids is 1. The summed E-state index contributed by atoms with van der Waals surface area (Å²) in [5.74, 6) is -2.24. The third-order valence-electron chi connectivity index (χ3n) is 2.51. The molecule has 0 amide bonds. The maximum absolute atomic E-state index is 12.9. The van der Waals surface area contributed by atoms with E-state index in [4.69, 9.17) is 10.2 Å². The van der Waals surface area contributed by atoms with Gasteiger partial charge in [-0.25, -0.2) is 4.79 Å². The summed E-state index contributed by atoms with van der Waals surface area (Å²) >= 11 is 0. The zero-order valence-electron chi connectivity index (χ0n) is 10.1. The molecule has 0 aliphatic rings. The van der Waals surface area contributed by atoms with Crippen LogP contribution in [-0.4, -0.2) is 21.1 Å². The predicted molar refractivity (Wildman–Crippen MR) is 55.7 cm³/mol. The molecule has 0 saturated heterocycles. The van der Waals surface area contributed by atoms with Crippen molar-refractivity contribution >= 4 is 11.7 Å². The smallest absolute Gasteiger partial charge is 0.423 e. The van der Waals surface area contributed by atoms with Gasteiger partial charge < -0.3 is 10.2 Å². The minimum absolute atomic E-state index is 0.0551. The van der Waals surface area contributed by atoms with Crippen molar-refractivity contribution in [2.24, 2.45) is 0 Å². The molecule has 1 atom stereocenters. The van der Waals surface area contributed by atoms with Crippen molar-refractivity contribution < 1.29 is 46.3 Å². The van der Waals surface area contributed by atoms with Gasteiger partial charge in [-0.15, -0.1) is 0 Å². The summed E-state index contributed by atoms with van der Waals surface area (Å²) < 4.78 is 77.1. The first-order valence-electron chi connectivity index (χ1n) is 5.15. The van der Waals surface area contributed by atoms with Crippen LogP contribution in [0, 0.1) is 10.1 Å². The molecule has 6 nitrogen and oxygen atoms in total. The number of aliphatic hydroxyl groups excluding tert-OH is 1. The first-order chi connectivity index (χ1) is 9.78. The Balaban J connectivity index is 3.93. The lowest BCUT2D eigenvalue weighted by molar-refractivity contribution is -0.388. The second kappa shape index (κ2) is 5.44. The largest absolute Gasteiger partial charge is 0.479 e. The Bertz CT molecular complexity index is 623. The van der Waals surface area contributed by atoms with Gasteiger partial charge in [0.15, 0.2) is 6.10 Å². The number of benzene rings is 1. The second-order valence-electron chi connectivity index (χ2n) is 3.92. The number of alkyl halides is 6. The minimum Gasteiger partial charge on any atom is -0.479 e. The lowest BCUT2D eigenvalue weighted by atomic mass is 9.94. The van der Waals surface area contributed by atoms with Gasteiger partial charge in [0.25, 0.3) is 5.69 Å². The van der Waals surface area contributed by atoms with Crippen molar-refractivity contribution in [2.45, 2.75) is 18.5 Å². The molecule has 0 bridgehead atoms. The van der Waals surface area contributed by atoms with Crippen molar-refractivity contribution in [3.63, 3.8) is 0 Å². The molecule has 12 heteroatoms. The maximum atomic E-state index is 12.9. The fourth-order valence-electron chi connectivity index (χ4n) is 1.71. The number of aliphatic hydroxyl groups is 1. The van der Waals surface area contributed by atoms with Crippen LogP contribution in [0.3, 0.4) is 0 Å². The second-order valence-corrected chi connectivity index (χ2v) is 3.92. The first kappa shape index (κ1) is 17.7. The molecule has 0 aromatic heterocycles. The maximum Gasteiger partial charge on any atom is 0.423 e. The number of carboxylic acid groups (broad SMARTS) is 1. The molecule has 0 fully saturated rings. The van der Waals surface area contributed by atoms with E-state index in [-0.39, 0.29) is 12.1 Å². The van der Waals surface area contributed by atoms with Gasteiger partial charge in [0.05, 0.1) is 10.5 Å². The number of carbonyl (C=O) groups is 1. The molecule has 0 radical (unpaired) electrons.